The molecule has 2 amide bonds. The number of piperidine rings is 1. The Morgan fingerprint density at radius 2 is 1.81 bits per heavy atom. The van der Waals surface area contributed by atoms with Crippen LogP contribution in [0.1, 0.15) is 45.6 Å². The molecule has 0 aromatic heterocycles. The number of hydrogen-bond acceptors (Lipinski definition) is 3. The van der Waals surface area contributed by atoms with Crippen molar-refractivity contribution in [1.29, 1.82) is 0 Å². The van der Waals surface area contributed by atoms with Crippen LogP contribution in [0.15, 0.2) is 24.3 Å². The van der Waals surface area contributed by atoms with Gasteiger partial charge in [0.25, 0.3) is 0 Å². The maximum Gasteiger partial charge on any atom is 0.234 e. The third kappa shape index (κ3) is 5.71. The molecule has 1 fully saturated rings. The Labute approximate surface area is 161 Å². The molecule has 0 unspecified atom stereocenters. The van der Waals surface area contributed by atoms with Crippen LogP contribution < -0.4 is 10.6 Å². The molecule has 0 saturated carbocycles. The van der Waals surface area contributed by atoms with Crippen LogP contribution in [0.25, 0.3) is 0 Å². The monoisotopic (exact) mass is 379 g/mol. The summed E-state index contributed by atoms with van der Waals surface area (Å²) in [4.78, 5) is 26.7. The first-order valence-corrected chi connectivity index (χ1v) is 9.76. The molecule has 0 bridgehead atoms. The summed E-state index contributed by atoms with van der Waals surface area (Å²) in [5, 5.41) is 6.75. The lowest BCUT2D eigenvalue weighted by molar-refractivity contribution is -0.127. The molecule has 0 spiro atoms. The molecule has 1 aliphatic heterocycles. The average molecular weight is 380 g/mol. The quantitative estimate of drug-likeness (QED) is 0.765. The van der Waals surface area contributed by atoms with E-state index in [9.17, 15) is 9.59 Å². The standard InChI is InChI=1S/C20H30ClN3O2/c1-4-11-22-18(25)14-24-12-9-17(10-13-24)23-19(26)20(2,3)15-5-7-16(21)8-6-15/h5-8,17H,4,9-14H2,1-3H3,(H,22,25)(H,23,26). The minimum atomic E-state index is -0.609. The predicted octanol–water partition coefficient (Wildman–Crippen LogP) is 2.72. The summed E-state index contributed by atoms with van der Waals surface area (Å²) in [6.45, 7) is 8.72. The van der Waals surface area contributed by atoms with Crippen molar-refractivity contribution in [3.63, 3.8) is 0 Å². The van der Waals surface area contributed by atoms with E-state index >= 15 is 0 Å². The van der Waals surface area contributed by atoms with Gasteiger partial charge in [0.1, 0.15) is 0 Å². The van der Waals surface area contributed by atoms with E-state index in [1.165, 1.54) is 0 Å². The molecule has 26 heavy (non-hydrogen) atoms. The van der Waals surface area contributed by atoms with Gasteiger partial charge in [-0.25, -0.2) is 0 Å². The van der Waals surface area contributed by atoms with Crippen molar-refractivity contribution in [2.24, 2.45) is 0 Å². The summed E-state index contributed by atoms with van der Waals surface area (Å²) < 4.78 is 0. The highest BCUT2D eigenvalue weighted by Gasteiger charge is 2.32. The molecule has 2 N–H and O–H groups in total. The Morgan fingerprint density at radius 1 is 1.19 bits per heavy atom. The Morgan fingerprint density at radius 3 is 2.38 bits per heavy atom. The van der Waals surface area contributed by atoms with Gasteiger partial charge in [-0.05, 0) is 50.8 Å². The van der Waals surface area contributed by atoms with Gasteiger partial charge < -0.3 is 10.6 Å². The van der Waals surface area contributed by atoms with E-state index < -0.39 is 5.41 Å². The molecular weight excluding hydrogens is 350 g/mol. The maximum atomic E-state index is 12.8. The van der Waals surface area contributed by atoms with Crippen molar-refractivity contribution < 1.29 is 9.59 Å². The van der Waals surface area contributed by atoms with Crippen LogP contribution in [0.2, 0.25) is 5.02 Å². The van der Waals surface area contributed by atoms with E-state index in [1.807, 2.05) is 45.0 Å². The lowest BCUT2D eigenvalue weighted by Gasteiger charge is -2.34. The number of halogens is 1. The molecule has 2 rings (SSSR count). The van der Waals surface area contributed by atoms with E-state index in [2.05, 4.69) is 15.5 Å². The van der Waals surface area contributed by atoms with Gasteiger partial charge in [-0.15, -0.1) is 0 Å². The Bertz CT molecular complexity index is 608. The van der Waals surface area contributed by atoms with Crippen molar-refractivity contribution in [2.45, 2.75) is 51.5 Å². The zero-order valence-electron chi connectivity index (χ0n) is 16.0. The minimum Gasteiger partial charge on any atom is -0.355 e. The molecule has 0 atom stereocenters. The highest BCUT2D eigenvalue weighted by Crippen LogP contribution is 2.25. The van der Waals surface area contributed by atoms with Gasteiger partial charge in [-0.3, -0.25) is 14.5 Å². The van der Waals surface area contributed by atoms with Gasteiger partial charge in [0.05, 0.1) is 12.0 Å². The second-order valence-corrected chi connectivity index (χ2v) is 7.94. The summed E-state index contributed by atoms with van der Waals surface area (Å²) >= 11 is 5.94. The van der Waals surface area contributed by atoms with Crippen LogP contribution in [-0.2, 0) is 15.0 Å². The molecule has 144 valence electrons. The van der Waals surface area contributed by atoms with Crippen LogP contribution in [-0.4, -0.2) is 48.9 Å². The van der Waals surface area contributed by atoms with Gasteiger partial charge in [0, 0.05) is 30.7 Å². The summed E-state index contributed by atoms with van der Waals surface area (Å²) in [7, 11) is 0. The number of hydrogen-bond donors (Lipinski definition) is 2. The first-order valence-electron chi connectivity index (χ1n) is 9.39. The van der Waals surface area contributed by atoms with Crippen molar-refractivity contribution in [3.05, 3.63) is 34.9 Å². The van der Waals surface area contributed by atoms with Crippen LogP contribution in [0.5, 0.6) is 0 Å². The number of amides is 2. The molecule has 1 aromatic carbocycles. The van der Waals surface area contributed by atoms with E-state index in [0.29, 0.717) is 11.6 Å². The predicted molar refractivity (Wildman–Crippen MR) is 105 cm³/mol. The number of likely N-dealkylation sites (tertiary alicyclic amines) is 1. The van der Waals surface area contributed by atoms with Crippen LogP contribution >= 0.6 is 11.6 Å². The zero-order valence-corrected chi connectivity index (χ0v) is 16.7. The molecule has 5 nitrogen and oxygen atoms in total. The lowest BCUT2D eigenvalue weighted by Crippen LogP contribution is -2.50. The second kappa shape index (κ2) is 9.38. The third-order valence-corrected chi connectivity index (χ3v) is 5.25. The summed E-state index contributed by atoms with van der Waals surface area (Å²) in [5.41, 5.74) is 0.339. The van der Waals surface area contributed by atoms with E-state index in [4.69, 9.17) is 11.6 Å². The van der Waals surface area contributed by atoms with Gasteiger partial charge in [0.2, 0.25) is 11.8 Å². The first-order chi connectivity index (χ1) is 12.3. The highest BCUT2D eigenvalue weighted by atomic mass is 35.5. The number of rotatable bonds is 7. The smallest absolute Gasteiger partial charge is 0.234 e. The van der Waals surface area contributed by atoms with Crippen LogP contribution in [0, 0.1) is 0 Å². The molecule has 1 saturated heterocycles. The molecule has 0 aliphatic carbocycles. The molecule has 1 aromatic rings. The van der Waals surface area contributed by atoms with Gasteiger partial charge in [-0.1, -0.05) is 30.7 Å². The van der Waals surface area contributed by atoms with Gasteiger partial charge >= 0.3 is 0 Å². The lowest BCUT2D eigenvalue weighted by atomic mass is 9.83. The van der Waals surface area contributed by atoms with Crippen molar-refractivity contribution in [3.8, 4) is 0 Å². The fourth-order valence-electron chi connectivity index (χ4n) is 3.12. The number of nitrogens with zero attached hydrogens (tertiary/aromatic N) is 1. The normalized spacial score (nSPS) is 16.3. The molecular formula is C20H30ClN3O2. The number of benzene rings is 1. The van der Waals surface area contributed by atoms with E-state index in [0.717, 1.165) is 44.5 Å². The van der Waals surface area contributed by atoms with Crippen LogP contribution in [0.4, 0.5) is 0 Å². The second-order valence-electron chi connectivity index (χ2n) is 7.51. The largest absolute Gasteiger partial charge is 0.355 e. The van der Waals surface area contributed by atoms with Crippen molar-refractivity contribution >= 4 is 23.4 Å². The summed E-state index contributed by atoms with van der Waals surface area (Å²) in [6.07, 6.45) is 2.68. The number of carbonyl (C=O) groups excluding carboxylic acids is 2. The third-order valence-electron chi connectivity index (χ3n) is 5.00. The molecule has 1 aliphatic rings. The van der Waals surface area contributed by atoms with Gasteiger partial charge in [-0.2, -0.15) is 0 Å². The number of nitrogens with one attached hydrogen (secondary N) is 2. The minimum absolute atomic E-state index is 0.0268. The Kier molecular flexibility index (Phi) is 7.47. The van der Waals surface area contributed by atoms with Crippen molar-refractivity contribution in [1.82, 2.24) is 15.5 Å². The fourth-order valence-corrected chi connectivity index (χ4v) is 3.25. The Hall–Kier alpha value is -1.59. The summed E-state index contributed by atoms with van der Waals surface area (Å²) in [6, 6.07) is 7.59. The fraction of sp³-hybridized carbons (Fsp3) is 0.600. The Balaban J connectivity index is 1.82. The van der Waals surface area contributed by atoms with E-state index in [1.54, 1.807) is 0 Å². The molecule has 6 heteroatoms. The molecule has 0 radical (unpaired) electrons. The maximum absolute atomic E-state index is 12.8. The number of carbonyl (C=O) groups is 2. The first kappa shape index (κ1) is 20.7. The topological polar surface area (TPSA) is 61.4 Å². The SMILES string of the molecule is CCCNC(=O)CN1CCC(NC(=O)C(C)(C)c2ccc(Cl)cc2)CC1. The molecule has 1 heterocycles. The summed E-state index contributed by atoms with van der Waals surface area (Å²) in [5.74, 6) is 0.108. The van der Waals surface area contributed by atoms with Crippen molar-refractivity contribution in [2.75, 3.05) is 26.2 Å². The van der Waals surface area contributed by atoms with Gasteiger partial charge in [0.15, 0.2) is 0 Å². The van der Waals surface area contributed by atoms with E-state index in [-0.39, 0.29) is 17.9 Å². The zero-order chi connectivity index (χ0) is 19.2. The average Bonchev–Trinajstić information content (AvgIpc) is 2.62. The van der Waals surface area contributed by atoms with Crippen LogP contribution in [0.3, 0.4) is 0 Å². The highest BCUT2D eigenvalue weighted by molar-refractivity contribution is 6.30.